The first-order chi connectivity index (χ1) is 10.6. The minimum atomic E-state index is -4.86. The topological polar surface area (TPSA) is 109 Å². The van der Waals surface area contributed by atoms with Gasteiger partial charge in [0.2, 0.25) is 11.0 Å². The Kier molecular flexibility index (Phi) is 4.31. The van der Waals surface area contributed by atoms with Crippen LogP contribution in [0.25, 0.3) is 0 Å². The number of benzene rings is 1. The molecule has 0 saturated carbocycles. The number of nitrogens with two attached hydrogens (primary N) is 1. The number of ether oxygens (including phenoxy) is 1. The Hall–Kier alpha value is -2.57. The van der Waals surface area contributed by atoms with Crippen LogP contribution in [-0.2, 0) is 6.18 Å². The summed E-state index contributed by atoms with van der Waals surface area (Å²) in [5.74, 6) is 2.46. The van der Waals surface area contributed by atoms with Crippen LogP contribution in [-0.4, -0.2) is 26.9 Å². The average Bonchev–Trinajstić information content (AvgIpc) is 2.79. The van der Waals surface area contributed by atoms with Gasteiger partial charge in [-0.15, -0.1) is 10.2 Å². The summed E-state index contributed by atoms with van der Waals surface area (Å²) in [5.41, 5.74) is -0.938. The molecular weight excluding hydrogens is 346 g/mol. The van der Waals surface area contributed by atoms with Crippen LogP contribution in [0.15, 0.2) is 22.2 Å². The molecule has 23 heavy (non-hydrogen) atoms. The second-order valence-corrected chi connectivity index (χ2v) is 5.00. The molecule has 0 bridgehead atoms. The predicted molar refractivity (Wildman–Crippen MR) is 68.9 cm³/mol. The first-order valence-corrected chi connectivity index (χ1v) is 6.44. The SMILES string of the molecule is COc1cc(F)c([N+](=O)[O-])c(Sc2nnc(C(F)(F)F)n2N)c1. The lowest BCUT2D eigenvalue weighted by molar-refractivity contribution is -0.390. The number of halogens is 4. The largest absolute Gasteiger partial charge is 0.497 e. The molecule has 0 atom stereocenters. The summed E-state index contributed by atoms with van der Waals surface area (Å²) in [5, 5.41) is 16.5. The number of methoxy groups -OCH3 is 1. The maximum absolute atomic E-state index is 13.8. The van der Waals surface area contributed by atoms with Crippen LogP contribution in [0.1, 0.15) is 5.82 Å². The summed E-state index contributed by atoms with van der Waals surface area (Å²) in [6.07, 6.45) is -4.86. The molecule has 124 valence electrons. The van der Waals surface area contributed by atoms with E-state index in [-0.39, 0.29) is 15.3 Å². The molecule has 1 aromatic heterocycles. The minimum absolute atomic E-state index is 0.0604. The highest BCUT2D eigenvalue weighted by Gasteiger charge is 2.38. The van der Waals surface area contributed by atoms with Crippen molar-refractivity contribution in [2.45, 2.75) is 16.2 Å². The van der Waals surface area contributed by atoms with Gasteiger partial charge in [-0.2, -0.15) is 17.6 Å². The standard InChI is InChI=1S/C10H7F4N5O3S/c1-22-4-2-5(11)7(19(20)21)6(3-4)23-9-17-16-8(18(9)15)10(12,13)14/h2-3H,15H2,1H3. The zero-order valence-electron chi connectivity index (χ0n) is 11.2. The number of alkyl halides is 3. The first-order valence-electron chi connectivity index (χ1n) is 5.62. The van der Waals surface area contributed by atoms with Crippen LogP contribution in [0.5, 0.6) is 5.75 Å². The van der Waals surface area contributed by atoms with Gasteiger partial charge < -0.3 is 10.6 Å². The molecule has 0 amide bonds. The van der Waals surface area contributed by atoms with Gasteiger partial charge in [-0.3, -0.25) is 10.1 Å². The third kappa shape index (κ3) is 3.28. The van der Waals surface area contributed by atoms with E-state index in [9.17, 15) is 27.7 Å². The highest BCUT2D eigenvalue weighted by Crippen LogP contribution is 2.39. The predicted octanol–water partition coefficient (Wildman–Crippen LogP) is 2.22. The van der Waals surface area contributed by atoms with Crippen LogP contribution in [0, 0.1) is 15.9 Å². The van der Waals surface area contributed by atoms with Crippen molar-refractivity contribution < 1.29 is 27.2 Å². The van der Waals surface area contributed by atoms with E-state index < -0.39 is 33.6 Å². The molecule has 2 aromatic rings. The molecule has 0 aliphatic rings. The fourth-order valence-electron chi connectivity index (χ4n) is 1.56. The maximum Gasteiger partial charge on any atom is 0.453 e. The minimum Gasteiger partial charge on any atom is -0.497 e. The van der Waals surface area contributed by atoms with E-state index in [4.69, 9.17) is 10.6 Å². The van der Waals surface area contributed by atoms with Gasteiger partial charge in [0.15, 0.2) is 0 Å². The van der Waals surface area contributed by atoms with E-state index in [1.165, 1.54) is 7.11 Å². The number of nitro benzene ring substituents is 1. The fraction of sp³-hybridized carbons (Fsp3) is 0.200. The molecule has 1 heterocycles. The van der Waals surface area contributed by atoms with Crippen molar-refractivity contribution in [2.24, 2.45) is 0 Å². The molecule has 0 fully saturated rings. The van der Waals surface area contributed by atoms with E-state index in [1.54, 1.807) is 0 Å². The van der Waals surface area contributed by atoms with Crippen molar-refractivity contribution in [3.63, 3.8) is 0 Å². The molecule has 0 unspecified atom stereocenters. The summed E-state index contributed by atoms with van der Waals surface area (Å²) in [7, 11) is 1.20. The van der Waals surface area contributed by atoms with Gasteiger partial charge in [0.1, 0.15) is 5.75 Å². The van der Waals surface area contributed by atoms with Crippen molar-refractivity contribution >= 4 is 17.4 Å². The lowest BCUT2D eigenvalue weighted by Crippen LogP contribution is -2.21. The second kappa shape index (κ2) is 5.91. The molecular formula is C10H7F4N5O3S. The van der Waals surface area contributed by atoms with Crippen LogP contribution in [0.3, 0.4) is 0 Å². The first kappa shape index (κ1) is 16.8. The van der Waals surface area contributed by atoms with Crippen molar-refractivity contribution in [3.05, 3.63) is 33.9 Å². The zero-order chi connectivity index (χ0) is 17.4. The van der Waals surface area contributed by atoms with Crippen LogP contribution in [0.4, 0.5) is 23.2 Å². The van der Waals surface area contributed by atoms with Crippen LogP contribution in [0.2, 0.25) is 0 Å². The second-order valence-electron chi connectivity index (χ2n) is 3.99. The maximum atomic E-state index is 13.8. The summed E-state index contributed by atoms with van der Waals surface area (Å²) in [6.45, 7) is 0. The number of nitro groups is 1. The Balaban J connectivity index is 2.50. The van der Waals surface area contributed by atoms with E-state index in [1.807, 2.05) is 0 Å². The monoisotopic (exact) mass is 353 g/mol. The molecule has 0 aliphatic heterocycles. The number of rotatable bonds is 4. The molecule has 0 radical (unpaired) electrons. The lowest BCUT2D eigenvalue weighted by Gasteiger charge is -2.08. The van der Waals surface area contributed by atoms with Crippen LogP contribution < -0.4 is 10.6 Å². The van der Waals surface area contributed by atoms with Gasteiger partial charge in [-0.25, -0.2) is 4.68 Å². The van der Waals surface area contributed by atoms with E-state index in [0.29, 0.717) is 11.8 Å². The van der Waals surface area contributed by atoms with Crippen LogP contribution >= 0.6 is 11.8 Å². The van der Waals surface area contributed by atoms with Gasteiger partial charge in [0.05, 0.1) is 16.9 Å². The van der Waals surface area contributed by atoms with Gasteiger partial charge in [-0.05, 0) is 11.8 Å². The molecule has 1 aromatic carbocycles. The molecule has 0 spiro atoms. The smallest absolute Gasteiger partial charge is 0.453 e. The summed E-state index contributed by atoms with van der Waals surface area (Å²) in [6, 6.07) is 1.85. The van der Waals surface area contributed by atoms with Gasteiger partial charge in [0.25, 0.3) is 5.82 Å². The zero-order valence-corrected chi connectivity index (χ0v) is 12.0. The average molecular weight is 353 g/mol. The van der Waals surface area contributed by atoms with E-state index >= 15 is 0 Å². The molecule has 2 N–H and O–H groups in total. The van der Waals surface area contributed by atoms with Crippen molar-refractivity contribution in [1.82, 2.24) is 14.9 Å². The molecule has 8 nitrogen and oxygen atoms in total. The number of aromatic nitrogens is 3. The van der Waals surface area contributed by atoms with E-state index in [0.717, 1.165) is 12.1 Å². The highest BCUT2D eigenvalue weighted by atomic mass is 32.2. The Morgan fingerprint density at radius 3 is 2.52 bits per heavy atom. The number of hydrogen-bond acceptors (Lipinski definition) is 7. The Morgan fingerprint density at radius 1 is 1.39 bits per heavy atom. The Bertz CT molecular complexity index is 764. The van der Waals surface area contributed by atoms with E-state index in [2.05, 4.69) is 10.2 Å². The highest BCUT2D eigenvalue weighted by molar-refractivity contribution is 7.99. The molecule has 0 saturated heterocycles. The van der Waals surface area contributed by atoms with Gasteiger partial charge in [0, 0.05) is 12.1 Å². The third-order valence-electron chi connectivity index (χ3n) is 2.54. The molecule has 0 aliphatic carbocycles. The third-order valence-corrected chi connectivity index (χ3v) is 3.53. The molecule has 2 rings (SSSR count). The number of nitrogen functional groups attached to an aromatic ring is 1. The lowest BCUT2D eigenvalue weighted by atomic mass is 10.3. The van der Waals surface area contributed by atoms with Gasteiger partial charge >= 0.3 is 11.9 Å². The quantitative estimate of drug-likeness (QED) is 0.388. The number of nitrogens with zero attached hydrogens (tertiary/aromatic N) is 4. The van der Waals surface area contributed by atoms with Crippen molar-refractivity contribution in [3.8, 4) is 5.75 Å². The number of hydrogen-bond donors (Lipinski definition) is 1. The molecule has 13 heteroatoms. The normalized spacial score (nSPS) is 11.5. The summed E-state index contributed by atoms with van der Waals surface area (Å²) < 4.78 is 56.4. The van der Waals surface area contributed by atoms with Crippen molar-refractivity contribution in [2.75, 3.05) is 13.0 Å². The summed E-state index contributed by atoms with van der Waals surface area (Å²) in [4.78, 5) is 9.59. The summed E-state index contributed by atoms with van der Waals surface area (Å²) >= 11 is 0.352. The van der Waals surface area contributed by atoms with Gasteiger partial charge in [-0.1, -0.05) is 0 Å². The fourth-order valence-corrected chi connectivity index (χ4v) is 2.47. The van der Waals surface area contributed by atoms with Crippen molar-refractivity contribution in [1.29, 1.82) is 0 Å². The Labute approximate surface area is 129 Å². The Morgan fingerprint density at radius 2 is 2.04 bits per heavy atom.